The Balaban J connectivity index is 1.45. The first kappa shape index (κ1) is 17.6. The van der Waals surface area contributed by atoms with Gasteiger partial charge in [0.05, 0.1) is 17.5 Å². The minimum Gasteiger partial charge on any atom is -0.342 e. The van der Waals surface area contributed by atoms with E-state index in [4.69, 9.17) is 0 Å². The molecule has 1 saturated carbocycles. The van der Waals surface area contributed by atoms with Gasteiger partial charge in [0.25, 0.3) is 5.91 Å². The molecule has 2 saturated heterocycles. The number of hydrogen-bond acceptors (Lipinski definition) is 3. The van der Waals surface area contributed by atoms with Gasteiger partial charge >= 0.3 is 0 Å². The van der Waals surface area contributed by atoms with E-state index in [0.717, 1.165) is 62.9 Å². The zero-order valence-corrected chi connectivity index (χ0v) is 15.9. The molecule has 0 aromatic carbocycles. The number of carbonyl (C=O) groups is 2. The molecule has 6 nitrogen and oxygen atoms in total. The maximum atomic E-state index is 13.2. The number of nitrogens with zero attached hydrogens (tertiary/aromatic N) is 3. The number of rotatable bonds is 3. The average Bonchev–Trinajstić information content (AvgIpc) is 3.37. The molecule has 0 bridgehead atoms. The van der Waals surface area contributed by atoms with Crippen LogP contribution >= 0.6 is 0 Å². The summed E-state index contributed by atoms with van der Waals surface area (Å²) < 4.78 is 0. The van der Waals surface area contributed by atoms with Gasteiger partial charge in [-0.1, -0.05) is 0 Å². The molecule has 3 heterocycles. The summed E-state index contributed by atoms with van der Waals surface area (Å²) >= 11 is 0. The van der Waals surface area contributed by atoms with E-state index in [1.165, 1.54) is 6.42 Å². The van der Waals surface area contributed by atoms with Crippen LogP contribution in [0.2, 0.25) is 0 Å². The van der Waals surface area contributed by atoms with Crippen LogP contribution in [-0.2, 0) is 4.79 Å². The summed E-state index contributed by atoms with van der Waals surface area (Å²) in [6, 6.07) is 0.569. The minimum absolute atomic E-state index is 0.116. The van der Waals surface area contributed by atoms with Gasteiger partial charge in [0, 0.05) is 37.0 Å². The predicted molar refractivity (Wildman–Crippen MR) is 98.8 cm³/mol. The summed E-state index contributed by atoms with van der Waals surface area (Å²) in [4.78, 5) is 29.5. The van der Waals surface area contributed by atoms with E-state index in [0.29, 0.717) is 5.91 Å². The molecule has 3 fully saturated rings. The highest BCUT2D eigenvalue weighted by Gasteiger charge is 2.37. The Morgan fingerprint density at radius 1 is 1.04 bits per heavy atom. The molecule has 1 aromatic heterocycles. The predicted octanol–water partition coefficient (Wildman–Crippen LogP) is 2.93. The fourth-order valence-corrected chi connectivity index (χ4v) is 4.72. The lowest BCUT2D eigenvalue weighted by molar-refractivity contribution is -0.133. The number of likely N-dealkylation sites (tertiary alicyclic amines) is 2. The van der Waals surface area contributed by atoms with Crippen molar-refractivity contribution in [2.75, 3.05) is 13.1 Å². The quantitative estimate of drug-likeness (QED) is 0.903. The molecule has 142 valence electrons. The molecular weight excluding hydrogens is 328 g/mol. The SMILES string of the molecule is C[C@H]1CCC[C@H](C)N1C(=O)c1cn[nH]c1C1CCN(C(=O)C2CC2)CC1. The topological polar surface area (TPSA) is 69.3 Å². The molecule has 0 unspecified atom stereocenters. The van der Waals surface area contributed by atoms with Gasteiger partial charge in [0.15, 0.2) is 0 Å². The molecule has 26 heavy (non-hydrogen) atoms. The summed E-state index contributed by atoms with van der Waals surface area (Å²) in [5.74, 6) is 1.03. The normalized spacial score (nSPS) is 27.6. The lowest BCUT2D eigenvalue weighted by Crippen LogP contribution is -2.47. The van der Waals surface area contributed by atoms with Crippen LogP contribution in [-0.4, -0.2) is 57.0 Å². The third-order valence-corrected chi connectivity index (χ3v) is 6.47. The van der Waals surface area contributed by atoms with Gasteiger partial charge < -0.3 is 9.80 Å². The van der Waals surface area contributed by atoms with Crippen molar-refractivity contribution in [3.8, 4) is 0 Å². The summed E-state index contributed by atoms with van der Waals surface area (Å²) in [6.07, 6.45) is 8.98. The Morgan fingerprint density at radius 2 is 1.69 bits per heavy atom. The first-order valence-corrected chi connectivity index (χ1v) is 10.2. The monoisotopic (exact) mass is 358 g/mol. The number of H-pyrrole nitrogens is 1. The molecule has 4 rings (SSSR count). The van der Waals surface area contributed by atoms with Crippen molar-refractivity contribution < 1.29 is 9.59 Å². The van der Waals surface area contributed by atoms with Gasteiger partial charge in [0.2, 0.25) is 5.91 Å². The number of amides is 2. The van der Waals surface area contributed by atoms with Crippen molar-refractivity contribution in [2.45, 2.75) is 76.8 Å². The van der Waals surface area contributed by atoms with E-state index >= 15 is 0 Å². The van der Waals surface area contributed by atoms with Crippen molar-refractivity contribution in [1.82, 2.24) is 20.0 Å². The molecular formula is C20H30N4O2. The van der Waals surface area contributed by atoms with E-state index < -0.39 is 0 Å². The molecule has 1 N–H and O–H groups in total. The van der Waals surface area contributed by atoms with E-state index in [2.05, 4.69) is 24.0 Å². The first-order chi connectivity index (χ1) is 12.6. The second-order valence-electron chi connectivity index (χ2n) is 8.41. The van der Waals surface area contributed by atoms with Gasteiger partial charge in [-0.3, -0.25) is 14.7 Å². The maximum absolute atomic E-state index is 13.2. The number of hydrogen-bond donors (Lipinski definition) is 1. The highest BCUT2D eigenvalue weighted by molar-refractivity contribution is 5.95. The van der Waals surface area contributed by atoms with E-state index in [9.17, 15) is 9.59 Å². The fourth-order valence-electron chi connectivity index (χ4n) is 4.72. The van der Waals surface area contributed by atoms with E-state index in [1.807, 2.05) is 9.80 Å². The van der Waals surface area contributed by atoms with Crippen molar-refractivity contribution in [3.63, 3.8) is 0 Å². The van der Waals surface area contributed by atoms with Crippen LogP contribution < -0.4 is 0 Å². The Morgan fingerprint density at radius 3 is 2.31 bits per heavy atom. The van der Waals surface area contributed by atoms with Crippen LogP contribution in [0.5, 0.6) is 0 Å². The van der Waals surface area contributed by atoms with Crippen molar-refractivity contribution in [3.05, 3.63) is 17.5 Å². The molecule has 1 aromatic rings. The van der Waals surface area contributed by atoms with Crippen LogP contribution in [0.3, 0.4) is 0 Å². The third kappa shape index (κ3) is 3.26. The van der Waals surface area contributed by atoms with Crippen LogP contribution in [0.4, 0.5) is 0 Å². The number of piperidine rings is 2. The minimum atomic E-state index is 0.116. The Hall–Kier alpha value is -1.85. The molecule has 2 aliphatic heterocycles. The van der Waals surface area contributed by atoms with Crippen molar-refractivity contribution >= 4 is 11.8 Å². The van der Waals surface area contributed by atoms with Crippen LogP contribution in [0.15, 0.2) is 6.20 Å². The van der Waals surface area contributed by atoms with Gasteiger partial charge in [-0.05, 0) is 58.8 Å². The van der Waals surface area contributed by atoms with Crippen LogP contribution in [0, 0.1) is 5.92 Å². The van der Waals surface area contributed by atoms with Crippen LogP contribution in [0.1, 0.15) is 80.8 Å². The lowest BCUT2D eigenvalue weighted by Gasteiger charge is -2.39. The molecule has 0 spiro atoms. The number of aromatic nitrogens is 2. The zero-order valence-electron chi connectivity index (χ0n) is 15.9. The van der Waals surface area contributed by atoms with Gasteiger partial charge in [0.1, 0.15) is 0 Å². The average molecular weight is 358 g/mol. The summed E-state index contributed by atoms with van der Waals surface area (Å²) in [5, 5.41) is 7.31. The molecule has 2 atom stereocenters. The molecule has 0 radical (unpaired) electrons. The van der Waals surface area contributed by atoms with Gasteiger partial charge in [-0.25, -0.2) is 0 Å². The second kappa shape index (κ2) is 7.05. The number of aromatic amines is 1. The molecule has 2 amide bonds. The first-order valence-electron chi connectivity index (χ1n) is 10.2. The summed E-state index contributed by atoms with van der Waals surface area (Å²) in [5.41, 5.74) is 1.70. The smallest absolute Gasteiger partial charge is 0.257 e. The summed E-state index contributed by atoms with van der Waals surface area (Å²) in [7, 11) is 0. The van der Waals surface area contributed by atoms with Crippen LogP contribution in [0.25, 0.3) is 0 Å². The molecule has 1 aliphatic carbocycles. The van der Waals surface area contributed by atoms with Gasteiger partial charge in [-0.2, -0.15) is 5.10 Å². The standard InChI is InChI=1S/C20H30N4O2/c1-13-4-3-5-14(2)24(13)20(26)17-12-21-22-18(17)15-8-10-23(11-9-15)19(25)16-6-7-16/h12-16H,3-11H2,1-2H3,(H,21,22)/t13-,14-/m0/s1. The second-order valence-corrected chi connectivity index (χ2v) is 8.41. The number of carbonyl (C=O) groups excluding carboxylic acids is 2. The number of nitrogens with one attached hydrogen (secondary N) is 1. The molecule has 3 aliphatic rings. The van der Waals surface area contributed by atoms with Gasteiger partial charge in [-0.15, -0.1) is 0 Å². The van der Waals surface area contributed by atoms with E-state index in [1.54, 1.807) is 6.20 Å². The van der Waals surface area contributed by atoms with Crippen molar-refractivity contribution in [1.29, 1.82) is 0 Å². The molecule has 6 heteroatoms. The summed E-state index contributed by atoms with van der Waals surface area (Å²) in [6.45, 7) is 5.89. The van der Waals surface area contributed by atoms with E-state index in [-0.39, 0.29) is 29.8 Å². The Kier molecular flexibility index (Phi) is 4.76. The maximum Gasteiger partial charge on any atom is 0.257 e. The highest BCUT2D eigenvalue weighted by Crippen LogP contribution is 2.35. The largest absolute Gasteiger partial charge is 0.342 e. The Bertz CT molecular complexity index is 663. The van der Waals surface area contributed by atoms with Crippen molar-refractivity contribution in [2.24, 2.45) is 5.92 Å². The lowest BCUT2D eigenvalue weighted by atomic mass is 9.90. The Labute approximate surface area is 155 Å². The third-order valence-electron chi connectivity index (χ3n) is 6.47. The highest BCUT2D eigenvalue weighted by atomic mass is 16.2. The fraction of sp³-hybridized carbons (Fsp3) is 0.750. The zero-order chi connectivity index (χ0) is 18.3.